The molecule has 0 aromatic heterocycles. The van der Waals surface area contributed by atoms with Gasteiger partial charge in [0.1, 0.15) is 36.6 Å². The maximum Gasteiger partial charge on any atom is 0.397 e. The summed E-state index contributed by atoms with van der Waals surface area (Å²) in [6.45, 7) is -0.801. The van der Waals surface area contributed by atoms with Crippen molar-refractivity contribution in [2.24, 2.45) is 5.73 Å². The zero-order valence-electron chi connectivity index (χ0n) is 14.0. The van der Waals surface area contributed by atoms with Crippen molar-refractivity contribution < 1.29 is 66.8 Å². The van der Waals surface area contributed by atoms with Crippen molar-refractivity contribution in [3.63, 3.8) is 0 Å². The van der Waals surface area contributed by atoms with E-state index in [1.807, 2.05) is 0 Å². The lowest BCUT2D eigenvalue weighted by Gasteiger charge is -2.45. The highest BCUT2D eigenvalue weighted by molar-refractivity contribution is 7.80. The van der Waals surface area contributed by atoms with Crippen LogP contribution in [0.25, 0.3) is 0 Å². The summed E-state index contributed by atoms with van der Waals surface area (Å²) in [6, 6.07) is -1.42. The topological polar surface area (TPSA) is 256 Å². The van der Waals surface area contributed by atoms with Crippen LogP contribution in [0, 0.1) is 0 Å². The zero-order valence-corrected chi connectivity index (χ0v) is 14.8. The molecular weight excluding hydrogens is 414 g/mol. The van der Waals surface area contributed by atoms with Gasteiger partial charge >= 0.3 is 16.4 Å². The lowest BCUT2D eigenvalue weighted by molar-refractivity contribution is -0.337. The number of hydrogen-bond donors (Lipinski definition) is 8. The van der Waals surface area contributed by atoms with Gasteiger partial charge in [0.15, 0.2) is 18.7 Å². The number of aliphatic hydroxyl groups is 5. The molecule has 0 radical (unpaired) electrons. The second-order valence-corrected chi connectivity index (χ2v) is 7.20. The standard InChI is InChI=1S/C12H21NO14S/c13-3-4(15)7(2(1-14)24-11(3)20)25-12-6(17)8(27-28(21,22)23)5(16)9(26-12)10(18)19/h2-9,11-12,14-17,20H,1,13H2,(H,18,19)(H,21,22,23)/t2-,3-,4-,5+,6-,7-,8+,9+,11+,12-/m1/s1. The van der Waals surface area contributed by atoms with Gasteiger partial charge in [-0.25, -0.2) is 8.98 Å². The van der Waals surface area contributed by atoms with E-state index in [2.05, 4.69) is 4.18 Å². The van der Waals surface area contributed by atoms with E-state index in [1.165, 1.54) is 0 Å². The molecule has 0 aromatic rings. The number of hydrogen-bond acceptors (Lipinski definition) is 13. The third-order valence-corrected chi connectivity index (χ3v) is 4.70. The van der Waals surface area contributed by atoms with Crippen LogP contribution < -0.4 is 5.73 Å². The molecule has 9 N–H and O–H groups in total. The molecule has 16 heteroatoms. The van der Waals surface area contributed by atoms with Crippen LogP contribution in [0.2, 0.25) is 0 Å². The van der Waals surface area contributed by atoms with E-state index >= 15 is 0 Å². The van der Waals surface area contributed by atoms with E-state index in [9.17, 15) is 38.7 Å². The maximum absolute atomic E-state index is 11.2. The molecule has 2 saturated heterocycles. The molecular formula is C12H21NO14S. The number of ether oxygens (including phenoxy) is 3. The van der Waals surface area contributed by atoms with Gasteiger partial charge in [0, 0.05) is 0 Å². The van der Waals surface area contributed by atoms with Gasteiger partial charge in [-0.1, -0.05) is 0 Å². The highest BCUT2D eigenvalue weighted by Gasteiger charge is 2.53. The lowest BCUT2D eigenvalue weighted by atomic mass is 9.96. The Morgan fingerprint density at radius 1 is 1.04 bits per heavy atom. The summed E-state index contributed by atoms with van der Waals surface area (Å²) in [6.07, 6.45) is -17.1. The number of nitrogens with two attached hydrogens (primary N) is 1. The fourth-order valence-electron chi connectivity index (χ4n) is 2.83. The van der Waals surface area contributed by atoms with Gasteiger partial charge in [0.05, 0.1) is 12.6 Å². The predicted molar refractivity (Wildman–Crippen MR) is 81.6 cm³/mol. The normalized spacial score (nSPS) is 45.0. The fourth-order valence-corrected chi connectivity index (χ4v) is 3.34. The molecule has 2 rings (SSSR count). The average Bonchev–Trinajstić information content (AvgIpc) is 2.59. The zero-order chi connectivity index (χ0) is 21.4. The van der Waals surface area contributed by atoms with Gasteiger partial charge in [-0.2, -0.15) is 8.42 Å². The van der Waals surface area contributed by atoms with Crippen molar-refractivity contribution in [3.05, 3.63) is 0 Å². The smallest absolute Gasteiger partial charge is 0.397 e. The van der Waals surface area contributed by atoms with Crippen LogP contribution in [-0.4, -0.2) is 118 Å². The molecule has 10 atom stereocenters. The van der Waals surface area contributed by atoms with Crippen molar-refractivity contribution in [2.45, 2.75) is 61.3 Å². The Hall–Kier alpha value is -1.02. The monoisotopic (exact) mass is 435 g/mol. The Balaban J connectivity index is 2.27. The average molecular weight is 435 g/mol. The van der Waals surface area contributed by atoms with E-state index in [0.717, 1.165) is 0 Å². The molecule has 0 spiro atoms. The van der Waals surface area contributed by atoms with Crippen molar-refractivity contribution in [3.8, 4) is 0 Å². The van der Waals surface area contributed by atoms with Crippen LogP contribution in [0.4, 0.5) is 0 Å². The number of carbonyl (C=O) groups is 1. The van der Waals surface area contributed by atoms with Crippen LogP contribution in [0.1, 0.15) is 0 Å². The number of carboxylic acids is 1. The third-order valence-electron chi connectivity index (χ3n) is 4.23. The van der Waals surface area contributed by atoms with E-state index in [4.69, 9.17) is 29.6 Å². The second-order valence-electron chi connectivity index (χ2n) is 6.15. The quantitative estimate of drug-likeness (QED) is 0.181. The summed E-state index contributed by atoms with van der Waals surface area (Å²) < 4.78 is 49.8. The molecule has 164 valence electrons. The van der Waals surface area contributed by atoms with Crippen molar-refractivity contribution in [2.75, 3.05) is 6.61 Å². The fraction of sp³-hybridized carbons (Fsp3) is 0.917. The summed E-state index contributed by atoms with van der Waals surface area (Å²) in [5.41, 5.74) is 5.52. The molecule has 0 amide bonds. The van der Waals surface area contributed by atoms with Gasteiger partial charge in [-0.15, -0.1) is 0 Å². The summed E-state index contributed by atoms with van der Waals surface area (Å²) in [5.74, 6) is -1.79. The summed E-state index contributed by atoms with van der Waals surface area (Å²) >= 11 is 0. The molecule has 2 heterocycles. The van der Waals surface area contributed by atoms with Crippen LogP contribution in [0.15, 0.2) is 0 Å². The van der Waals surface area contributed by atoms with Gasteiger partial charge in [-0.05, 0) is 0 Å². The van der Waals surface area contributed by atoms with Crippen LogP contribution in [0.3, 0.4) is 0 Å². The summed E-state index contributed by atoms with van der Waals surface area (Å²) in [4.78, 5) is 11.2. The predicted octanol–water partition coefficient (Wildman–Crippen LogP) is -5.51. The first-order valence-electron chi connectivity index (χ1n) is 7.81. The minimum atomic E-state index is -5.23. The number of aliphatic hydroxyl groups excluding tert-OH is 5. The second kappa shape index (κ2) is 8.78. The summed E-state index contributed by atoms with van der Waals surface area (Å²) in [7, 11) is -5.23. The first-order valence-corrected chi connectivity index (χ1v) is 9.17. The van der Waals surface area contributed by atoms with Gasteiger partial charge in [0.25, 0.3) is 0 Å². The SMILES string of the molecule is N[C@@H]1[C@@H](O)[C@H](O[C@@H]2O[C@H](C(=O)O)[C@@H](O)[C@H](OS(=O)(=O)O)[C@H]2O)[C@@H](CO)O[C@@H]1O. The van der Waals surface area contributed by atoms with Crippen molar-refractivity contribution >= 4 is 16.4 Å². The van der Waals surface area contributed by atoms with E-state index < -0.39 is 84.3 Å². The first-order chi connectivity index (χ1) is 12.9. The van der Waals surface area contributed by atoms with Gasteiger partial charge in [0.2, 0.25) is 0 Å². The van der Waals surface area contributed by atoms with E-state index in [0.29, 0.717) is 0 Å². The molecule has 2 aliphatic heterocycles. The number of rotatable bonds is 6. The van der Waals surface area contributed by atoms with Crippen LogP contribution in [0.5, 0.6) is 0 Å². The molecule has 0 aromatic carbocycles. The van der Waals surface area contributed by atoms with E-state index in [1.54, 1.807) is 0 Å². The summed E-state index contributed by atoms with van der Waals surface area (Å²) in [5, 5.41) is 58.2. The molecule has 15 nitrogen and oxygen atoms in total. The molecule has 0 unspecified atom stereocenters. The molecule has 28 heavy (non-hydrogen) atoms. The molecule has 2 fully saturated rings. The number of carboxylic acid groups (broad SMARTS) is 1. The van der Waals surface area contributed by atoms with Crippen molar-refractivity contribution in [1.29, 1.82) is 0 Å². The number of aliphatic carboxylic acids is 1. The molecule has 2 aliphatic rings. The lowest BCUT2D eigenvalue weighted by Crippen LogP contribution is -2.66. The Kier molecular flexibility index (Phi) is 7.29. The Morgan fingerprint density at radius 2 is 1.64 bits per heavy atom. The highest BCUT2D eigenvalue weighted by atomic mass is 32.3. The Morgan fingerprint density at radius 3 is 2.14 bits per heavy atom. The minimum absolute atomic E-state index is 0.801. The molecule has 0 aliphatic carbocycles. The minimum Gasteiger partial charge on any atom is -0.479 e. The Labute approximate surface area is 157 Å². The third kappa shape index (κ3) is 4.93. The maximum atomic E-state index is 11.2. The highest BCUT2D eigenvalue weighted by Crippen LogP contribution is 2.30. The molecule has 0 bridgehead atoms. The van der Waals surface area contributed by atoms with Crippen LogP contribution in [-0.2, 0) is 33.6 Å². The molecule has 0 saturated carbocycles. The van der Waals surface area contributed by atoms with Crippen LogP contribution >= 0.6 is 0 Å². The van der Waals surface area contributed by atoms with Crippen molar-refractivity contribution in [1.82, 2.24) is 0 Å². The van der Waals surface area contributed by atoms with Gasteiger partial charge in [-0.3, -0.25) is 4.55 Å². The first kappa shape index (κ1) is 23.3. The van der Waals surface area contributed by atoms with Gasteiger partial charge < -0.3 is 50.6 Å². The Bertz CT molecular complexity index is 657. The largest absolute Gasteiger partial charge is 0.479 e. The van der Waals surface area contributed by atoms with E-state index in [-0.39, 0.29) is 0 Å².